The van der Waals surface area contributed by atoms with Crippen LogP contribution in [-0.2, 0) is 5.21 Å². The molecule has 0 aliphatic carbocycles. The van der Waals surface area contributed by atoms with Gasteiger partial charge < -0.3 is 5.11 Å². The predicted molar refractivity (Wildman–Crippen MR) is 47.3 cm³/mol. The minimum Gasteiger partial charge on any atom is -0.878 e. The molecule has 1 aliphatic heterocycles. The van der Waals surface area contributed by atoms with E-state index < -0.39 is 11.2 Å². The van der Waals surface area contributed by atoms with Crippen molar-refractivity contribution < 1.29 is 10.3 Å². The molecule has 0 saturated heterocycles. The van der Waals surface area contributed by atoms with Crippen molar-refractivity contribution >= 4 is 5.71 Å². The zero-order valence-corrected chi connectivity index (χ0v) is 8.37. The van der Waals surface area contributed by atoms with Gasteiger partial charge in [-0.15, -0.1) is 16.5 Å². The van der Waals surface area contributed by atoms with Crippen molar-refractivity contribution in [2.75, 3.05) is 0 Å². The number of nitrogens with zero attached hydrogens (tertiary/aromatic N) is 2. The van der Waals surface area contributed by atoms with Crippen LogP contribution >= 0.6 is 0 Å². The average molecular weight is 182 g/mol. The summed E-state index contributed by atoms with van der Waals surface area (Å²) in [5, 5.41) is 22.9. The Morgan fingerprint density at radius 3 is 2.23 bits per heavy atom. The molecule has 0 fully saturated rings. The number of hydroxylamine groups is 2. The Morgan fingerprint density at radius 2 is 1.92 bits per heavy atom. The zero-order chi connectivity index (χ0) is 10.3. The van der Waals surface area contributed by atoms with E-state index in [4.69, 9.17) is 0 Å². The van der Waals surface area contributed by atoms with Crippen molar-refractivity contribution in [3.8, 4) is 0 Å². The Hall–Kier alpha value is -0.870. The van der Waals surface area contributed by atoms with Crippen LogP contribution in [0.4, 0.5) is 0 Å². The molecular weight excluding hydrogens is 168 g/mol. The van der Waals surface area contributed by atoms with Crippen LogP contribution in [-0.4, -0.2) is 22.0 Å². The van der Waals surface area contributed by atoms with Crippen LogP contribution in [0.25, 0.3) is 0 Å². The molecule has 0 saturated carbocycles. The summed E-state index contributed by atoms with van der Waals surface area (Å²) in [6.07, 6.45) is 2.01. The van der Waals surface area contributed by atoms with E-state index in [9.17, 15) is 10.3 Å². The van der Waals surface area contributed by atoms with Gasteiger partial charge in [0.25, 0.3) is 0 Å². The molecule has 4 heteroatoms. The van der Waals surface area contributed by atoms with Crippen molar-refractivity contribution in [1.82, 2.24) is 5.06 Å². The van der Waals surface area contributed by atoms with Crippen LogP contribution in [0.2, 0.25) is 0 Å². The quantitative estimate of drug-likeness (QED) is 0.554. The first-order valence-electron chi connectivity index (χ1n) is 4.18. The number of aliphatic imine (C=N–C) groups is 1. The molecule has 13 heavy (non-hydrogen) atoms. The van der Waals surface area contributed by atoms with Gasteiger partial charge in [0, 0.05) is 0 Å². The second-order valence-electron chi connectivity index (χ2n) is 4.15. The summed E-state index contributed by atoms with van der Waals surface area (Å²) in [7, 11) is 0. The van der Waals surface area contributed by atoms with Gasteiger partial charge in [-0.2, -0.15) is 0 Å². The smallest absolute Gasteiger partial charge is 0.134 e. The third kappa shape index (κ3) is 1.47. The van der Waals surface area contributed by atoms with Gasteiger partial charge in [-0.05, 0) is 27.7 Å². The van der Waals surface area contributed by atoms with Gasteiger partial charge in [-0.1, -0.05) is 6.08 Å². The summed E-state index contributed by atoms with van der Waals surface area (Å²) in [4.78, 5) is 4.19. The van der Waals surface area contributed by atoms with Gasteiger partial charge in [0.15, 0.2) is 0 Å². The monoisotopic (exact) mass is 182 g/mol. The fourth-order valence-corrected chi connectivity index (χ4v) is 1.57. The maximum absolute atomic E-state index is 11.7. The van der Waals surface area contributed by atoms with Crippen LogP contribution in [0.5, 0.6) is 0 Å². The molecule has 1 aliphatic rings. The molecule has 4 nitrogen and oxygen atoms in total. The van der Waals surface area contributed by atoms with Gasteiger partial charge >= 0.3 is 0 Å². The highest BCUT2D eigenvalue weighted by molar-refractivity contribution is 6.03. The third-order valence-electron chi connectivity index (χ3n) is 2.25. The molecule has 0 aromatic carbocycles. The van der Waals surface area contributed by atoms with Crippen molar-refractivity contribution in [3.63, 3.8) is 0 Å². The Kier molecular flexibility index (Phi) is 2.21. The van der Waals surface area contributed by atoms with Crippen molar-refractivity contribution in [2.24, 2.45) is 4.99 Å². The van der Waals surface area contributed by atoms with E-state index in [1.54, 1.807) is 27.7 Å². The fourth-order valence-electron chi connectivity index (χ4n) is 1.57. The first-order chi connectivity index (χ1) is 5.82. The van der Waals surface area contributed by atoms with Crippen LogP contribution in [0, 0.1) is 0 Å². The molecule has 0 amide bonds. The lowest BCUT2D eigenvalue weighted by Gasteiger charge is -2.30. The molecule has 1 rings (SSSR count). The van der Waals surface area contributed by atoms with Gasteiger partial charge in [0.2, 0.25) is 0 Å². The van der Waals surface area contributed by atoms with Gasteiger partial charge in [0.1, 0.15) is 5.66 Å². The van der Waals surface area contributed by atoms with Gasteiger partial charge in [0.05, 0.1) is 11.3 Å². The summed E-state index contributed by atoms with van der Waals surface area (Å²) in [6.45, 7) is 6.97. The van der Waals surface area contributed by atoms with Gasteiger partial charge in [-0.25, -0.2) is 0 Å². The second kappa shape index (κ2) is 2.82. The SMILES string of the molecule is CC1(C)N=C(/C=C/[O-])C(C)(C)N1[O]. The molecular formula is C9H14N2O2-. The lowest BCUT2D eigenvalue weighted by molar-refractivity contribution is -0.274. The average Bonchev–Trinajstić information content (AvgIpc) is 2.14. The Balaban J connectivity index is 3.09. The van der Waals surface area contributed by atoms with Crippen LogP contribution in [0.1, 0.15) is 27.7 Å². The molecule has 0 atom stereocenters. The molecule has 1 radical (unpaired) electrons. The number of rotatable bonds is 1. The van der Waals surface area contributed by atoms with Crippen LogP contribution < -0.4 is 5.11 Å². The van der Waals surface area contributed by atoms with Crippen LogP contribution in [0.15, 0.2) is 17.3 Å². The van der Waals surface area contributed by atoms with Crippen molar-refractivity contribution in [2.45, 2.75) is 38.9 Å². The van der Waals surface area contributed by atoms with Crippen molar-refractivity contribution in [3.05, 3.63) is 12.3 Å². The molecule has 0 aromatic rings. The normalized spacial score (nSPS) is 26.7. The highest BCUT2D eigenvalue weighted by Gasteiger charge is 2.47. The lowest BCUT2D eigenvalue weighted by Crippen LogP contribution is -2.48. The Morgan fingerprint density at radius 1 is 1.38 bits per heavy atom. The number of hydrogen-bond acceptors (Lipinski definition) is 3. The van der Waals surface area contributed by atoms with E-state index in [-0.39, 0.29) is 0 Å². The lowest BCUT2D eigenvalue weighted by atomic mass is 9.99. The molecule has 73 valence electrons. The minimum absolute atomic E-state index is 0.544. The van der Waals surface area contributed by atoms with E-state index in [1.165, 1.54) is 6.08 Å². The minimum atomic E-state index is -0.766. The van der Waals surface area contributed by atoms with E-state index in [2.05, 4.69) is 4.99 Å². The standard InChI is InChI=1S/C9H15N2O2/c1-8(2)7(5-6-12)10-9(3,4)11(8)13/h5-6,12H,1-4H3/p-1/b6-5+. The molecule has 0 unspecified atom stereocenters. The highest BCUT2D eigenvalue weighted by Crippen LogP contribution is 2.33. The predicted octanol–water partition coefficient (Wildman–Crippen LogP) is 0.477. The third-order valence-corrected chi connectivity index (χ3v) is 2.25. The van der Waals surface area contributed by atoms with Crippen LogP contribution in [0.3, 0.4) is 0 Å². The highest BCUT2D eigenvalue weighted by atomic mass is 16.5. The number of hydrogen-bond donors (Lipinski definition) is 0. The molecule has 0 bridgehead atoms. The molecule has 0 spiro atoms. The van der Waals surface area contributed by atoms with Gasteiger partial charge in [-0.3, -0.25) is 4.99 Å². The van der Waals surface area contributed by atoms with E-state index in [0.717, 1.165) is 5.06 Å². The first-order valence-corrected chi connectivity index (χ1v) is 4.18. The second-order valence-corrected chi connectivity index (χ2v) is 4.15. The van der Waals surface area contributed by atoms with E-state index in [1.807, 2.05) is 0 Å². The first kappa shape index (κ1) is 10.2. The van der Waals surface area contributed by atoms with Crippen molar-refractivity contribution in [1.29, 1.82) is 0 Å². The molecule has 0 N–H and O–H groups in total. The summed E-state index contributed by atoms with van der Waals surface area (Å²) < 4.78 is 0. The maximum atomic E-state index is 11.7. The summed E-state index contributed by atoms with van der Waals surface area (Å²) in [6, 6.07) is 0. The summed E-state index contributed by atoms with van der Waals surface area (Å²) in [5.74, 6) is 0. The summed E-state index contributed by atoms with van der Waals surface area (Å²) in [5.41, 5.74) is -0.926. The zero-order valence-electron chi connectivity index (χ0n) is 8.37. The fraction of sp³-hybridized carbons (Fsp3) is 0.667. The molecule has 0 aromatic heterocycles. The topological polar surface area (TPSA) is 58.6 Å². The Bertz CT molecular complexity index is 267. The Labute approximate surface area is 78.2 Å². The van der Waals surface area contributed by atoms with E-state index in [0.29, 0.717) is 12.0 Å². The largest absolute Gasteiger partial charge is 0.878 e. The summed E-state index contributed by atoms with van der Waals surface area (Å²) >= 11 is 0. The maximum Gasteiger partial charge on any atom is 0.134 e. The van der Waals surface area contributed by atoms with E-state index >= 15 is 0 Å². The molecule has 1 heterocycles.